The van der Waals surface area contributed by atoms with Crippen LogP contribution < -0.4 is 21.2 Å². The number of fused-ring (bicyclic) bond motifs is 1. The minimum absolute atomic E-state index is 0. The molecule has 2 fully saturated rings. The minimum Gasteiger partial charge on any atom is -0.367 e. The van der Waals surface area contributed by atoms with Gasteiger partial charge in [0.1, 0.15) is 23.5 Å². The van der Waals surface area contributed by atoms with Crippen LogP contribution in [0.15, 0.2) is 121 Å². The summed E-state index contributed by atoms with van der Waals surface area (Å²) in [5.74, 6) is 0. The first kappa shape index (κ1) is 29.9. The van der Waals surface area contributed by atoms with Crippen LogP contribution in [-0.4, -0.2) is 36.7 Å². The second kappa shape index (κ2) is 13.9. The van der Waals surface area contributed by atoms with Gasteiger partial charge in [0.05, 0.1) is 50.3 Å². The normalized spacial score (nSPS) is 22.0. The summed E-state index contributed by atoms with van der Waals surface area (Å²) in [5.41, 5.74) is 0.805. The third-order valence-electron chi connectivity index (χ3n) is 7.13. The molecule has 0 amide bonds. The molecule has 4 atom stereocenters. The molecule has 37 heavy (non-hydrogen) atoms. The van der Waals surface area contributed by atoms with Gasteiger partial charge in [-0.3, -0.25) is 0 Å². The minimum atomic E-state index is -1.05. The molecule has 1 radical (unpaired) electrons. The average Bonchev–Trinajstić information content (AvgIpc) is 3.51. The molecule has 0 bridgehead atoms. The largest absolute Gasteiger partial charge is 0.367 e. The SMILES string of the molecule is [CH3-].[CH3-].[Ir].c1ccc([PH+](c2ccccc2)C2CO[C@H]3C2OCC3[PH+](c2ccccc2)c2ccccc2)cc1. The molecule has 2 aliphatic heterocycles. The standard InChI is InChI=1S/C30H28O2P2.2CH3.Ir/c1-5-13-23(14-6-1)33(24-15-7-2-8-16-24)27-21-31-30-28(22-32-29(27)30)34(25-17-9-3-10-18-25)26-19-11-4-12-20-26;;;/h1-20,27-30H,21-22H2;2*1H3;/q;2*-1;/p+2/t27?,28?,29-,30?;;;/m1.../s1. The van der Waals surface area contributed by atoms with Crippen molar-refractivity contribution in [2.24, 2.45) is 0 Å². The first-order valence-corrected chi connectivity index (χ1v) is 15.2. The molecule has 2 aliphatic rings. The smallest absolute Gasteiger partial charge is 0.129 e. The number of ether oxygens (including phenoxy) is 2. The molecule has 0 saturated carbocycles. The Morgan fingerprint density at radius 3 is 0.919 bits per heavy atom. The van der Waals surface area contributed by atoms with Crippen LogP contribution in [0.3, 0.4) is 0 Å². The molecular formula is C32H36IrO2P2. The maximum Gasteiger partial charge on any atom is 0.129 e. The second-order valence-electron chi connectivity index (χ2n) is 9.10. The van der Waals surface area contributed by atoms with E-state index in [0.717, 1.165) is 13.2 Å². The summed E-state index contributed by atoms with van der Waals surface area (Å²) in [6.07, 6.45) is 0.318. The molecule has 2 nitrogen and oxygen atoms in total. The fourth-order valence-electron chi connectivity index (χ4n) is 5.65. The van der Waals surface area contributed by atoms with Gasteiger partial charge in [-0.05, 0) is 48.5 Å². The zero-order chi connectivity index (χ0) is 22.7. The molecule has 195 valence electrons. The van der Waals surface area contributed by atoms with E-state index in [0.29, 0.717) is 11.3 Å². The summed E-state index contributed by atoms with van der Waals surface area (Å²) in [4.78, 5) is 0. The molecule has 0 aliphatic carbocycles. The van der Waals surface area contributed by atoms with Crippen LogP contribution in [0.25, 0.3) is 0 Å². The maximum absolute atomic E-state index is 6.68. The second-order valence-corrected chi connectivity index (χ2v) is 14.5. The van der Waals surface area contributed by atoms with Crippen molar-refractivity contribution < 1.29 is 29.6 Å². The van der Waals surface area contributed by atoms with Crippen molar-refractivity contribution >= 4 is 37.1 Å². The predicted molar refractivity (Wildman–Crippen MR) is 161 cm³/mol. The molecule has 0 aromatic heterocycles. The van der Waals surface area contributed by atoms with Gasteiger partial charge >= 0.3 is 0 Å². The maximum atomic E-state index is 6.68. The van der Waals surface area contributed by atoms with Crippen molar-refractivity contribution in [3.63, 3.8) is 0 Å². The van der Waals surface area contributed by atoms with Gasteiger partial charge in [0, 0.05) is 20.1 Å². The summed E-state index contributed by atoms with van der Waals surface area (Å²) in [6, 6.07) is 44.1. The number of hydrogen-bond acceptors (Lipinski definition) is 2. The molecule has 3 unspecified atom stereocenters. The van der Waals surface area contributed by atoms with E-state index in [1.807, 2.05) is 0 Å². The Bertz CT molecular complexity index is 1020. The van der Waals surface area contributed by atoms with Crippen molar-refractivity contribution in [3.8, 4) is 0 Å². The van der Waals surface area contributed by atoms with Crippen molar-refractivity contribution in [2.45, 2.75) is 23.5 Å². The fourth-order valence-corrected chi connectivity index (χ4v) is 12.0. The third-order valence-corrected chi connectivity index (χ3v) is 13.4. The van der Waals surface area contributed by atoms with Crippen molar-refractivity contribution in [1.82, 2.24) is 0 Å². The summed E-state index contributed by atoms with van der Waals surface area (Å²) < 4.78 is 13.4. The van der Waals surface area contributed by atoms with Crippen LogP contribution in [0.4, 0.5) is 0 Å². The Morgan fingerprint density at radius 1 is 0.432 bits per heavy atom. The summed E-state index contributed by atoms with van der Waals surface area (Å²) in [5, 5.41) is 5.77. The van der Waals surface area contributed by atoms with Gasteiger partial charge in [0.15, 0.2) is 0 Å². The van der Waals surface area contributed by atoms with Crippen LogP contribution in [-0.2, 0) is 29.6 Å². The van der Waals surface area contributed by atoms with Crippen LogP contribution in [0, 0.1) is 14.9 Å². The average molecular weight is 707 g/mol. The first-order chi connectivity index (χ1) is 16.9. The van der Waals surface area contributed by atoms with Gasteiger partial charge in [-0.25, -0.2) is 0 Å². The molecule has 0 spiro atoms. The van der Waals surface area contributed by atoms with E-state index in [-0.39, 0.29) is 47.2 Å². The van der Waals surface area contributed by atoms with Gasteiger partial charge in [-0.15, -0.1) is 0 Å². The van der Waals surface area contributed by atoms with Crippen LogP contribution in [0.5, 0.6) is 0 Å². The van der Waals surface area contributed by atoms with Crippen molar-refractivity contribution in [1.29, 1.82) is 0 Å². The van der Waals surface area contributed by atoms with Gasteiger partial charge in [0.2, 0.25) is 0 Å². The van der Waals surface area contributed by atoms with E-state index in [2.05, 4.69) is 121 Å². The van der Waals surface area contributed by atoms with Crippen LogP contribution in [0.1, 0.15) is 0 Å². The number of rotatable bonds is 6. The monoisotopic (exact) mass is 707 g/mol. The number of benzene rings is 4. The quantitative estimate of drug-likeness (QED) is 0.204. The summed E-state index contributed by atoms with van der Waals surface area (Å²) >= 11 is 0. The zero-order valence-corrected chi connectivity index (χ0v) is 25.8. The summed E-state index contributed by atoms with van der Waals surface area (Å²) in [7, 11) is -2.09. The van der Waals surface area contributed by atoms with E-state index >= 15 is 0 Å². The Kier molecular flexibility index (Phi) is 11.2. The van der Waals surface area contributed by atoms with Crippen molar-refractivity contribution in [3.05, 3.63) is 136 Å². The predicted octanol–water partition coefficient (Wildman–Crippen LogP) is 5.15. The van der Waals surface area contributed by atoms with Gasteiger partial charge in [0.25, 0.3) is 0 Å². The van der Waals surface area contributed by atoms with E-state index in [1.165, 1.54) is 21.2 Å². The van der Waals surface area contributed by atoms with E-state index < -0.39 is 15.8 Å². The molecule has 5 heteroatoms. The van der Waals surface area contributed by atoms with Crippen LogP contribution in [0.2, 0.25) is 0 Å². The van der Waals surface area contributed by atoms with E-state index in [1.54, 1.807) is 0 Å². The molecular weight excluding hydrogens is 671 g/mol. The number of hydrogen-bond donors (Lipinski definition) is 0. The summed E-state index contributed by atoms with van der Waals surface area (Å²) in [6.45, 7) is 1.56. The fraction of sp³-hybridized carbons (Fsp3) is 0.188. The molecule has 0 N–H and O–H groups in total. The third kappa shape index (κ3) is 6.15. The molecule has 2 heterocycles. The van der Waals surface area contributed by atoms with Gasteiger partial charge < -0.3 is 24.3 Å². The molecule has 2 saturated heterocycles. The Labute approximate surface area is 238 Å². The van der Waals surface area contributed by atoms with E-state index in [4.69, 9.17) is 9.47 Å². The van der Waals surface area contributed by atoms with Gasteiger partial charge in [-0.2, -0.15) is 0 Å². The molecule has 4 aromatic carbocycles. The zero-order valence-electron chi connectivity index (χ0n) is 21.4. The Balaban J connectivity index is 0.00000127. The first-order valence-electron chi connectivity index (χ1n) is 12.1. The van der Waals surface area contributed by atoms with Crippen molar-refractivity contribution in [2.75, 3.05) is 13.2 Å². The van der Waals surface area contributed by atoms with E-state index in [9.17, 15) is 0 Å². The molecule has 4 aromatic rings. The van der Waals surface area contributed by atoms with Crippen LogP contribution >= 0.6 is 15.8 Å². The molecule has 6 rings (SSSR count). The Morgan fingerprint density at radius 2 is 0.676 bits per heavy atom. The Hall–Kier alpha value is -1.69. The van der Waals surface area contributed by atoms with Gasteiger partial charge in [-0.1, -0.05) is 72.8 Å². The topological polar surface area (TPSA) is 18.5 Å².